The van der Waals surface area contributed by atoms with Crippen molar-refractivity contribution in [3.8, 4) is 0 Å². The molecule has 0 unspecified atom stereocenters. The standard InChI is InChI=1S/C18H32N4O2S2/c1-5-19-17(20-15-18(2,3)8-14-26(4,23)24)22-11-9-21(10-12-22)16-7-6-13-25-16/h6-7,13H,5,8-12,14-15H2,1-4H3,(H,19,20). The van der Waals surface area contributed by atoms with Crippen molar-refractivity contribution in [2.24, 2.45) is 10.4 Å². The maximum absolute atomic E-state index is 11.4. The maximum Gasteiger partial charge on any atom is 0.194 e. The van der Waals surface area contributed by atoms with Gasteiger partial charge in [-0.05, 0) is 36.3 Å². The lowest BCUT2D eigenvalue weighted by Gasteiger charge is -2.37. The number of anilines is 1. The molecule has 0 spiro atoms. The van der Waals surface area contributed by atoms with Crippen LogP contribution in [0.1, 0.15) is 27.2 Å². The molecule has 1 aromatic rings. The van der Waals surface area contributed by atoms with Gasteiger partial charge in [0.05, 0.1) is 10.8 Å². The van der Waals surface area contributed by atoms with Gasteiger partial charge in [-0.25, -0.2) is 8.42 Å². The van der Waals surface area contributed by atoms with Gasteiger partial charge >= 0.3 is 0 Å². The molecule has 0 amide bonds. The van der Waals surface area contributed by atoms with E-state index in [1.54, 1.807) is 11.3 Å². The summed E-state index contributed by atoms with van der Waals surface area (Å²) >= 11 is 1.78. The largest absolute Gasteiger partial charge is 0.360 e. The first-order valence-corrected chi connectivity index (χ1v) is 12.1. The Hall–Kier alpha value is -1.28. The molecule has 0 bridgehead atoms. The third-order valence-electron chi connectivity index (χ3n) is 4.54. The number of hydrogen-bond acceptors (Lipinski definition) is 5. The van der Waals surface area contributed by atoms with Crippen LogP contribution in [0.4, 0.5) is 5.00 Å². The Bertz CT molecular complexity index is 676. The Kier molecular flexibility index (Phi) is 7.34. The van der Waals surface area contributed by atoms with Crippen LogP contribution >= 0.6 is 11.3 Å². The van der Waals surface area contributed by atoms with Gasteiger partial charge in [0.2, 0.25) is 0 Å². The van der Waals surface area contributed by atoms with E-state index < -0.39 is 9.84 Å². The van der Waals surface area contributed by atoms with Gasteiger partial charge in [0.25, 0.3) is 0 Å². The second-order valence-corrected chi connectivity index (χ2v) is 10.8. The van der Waals surface area contributed by atoms with E-state index in [2.05, 4.69) is 53.4 Å². The summed E-state index contributed by atoms with van der Waals surface area (Å²) in [6, 6.07) is 4.26. The van der Waals surface area contributed by atoms with Crippen molar-refractivity contribution in [1.29, 1.82) is 0 Å². The third-order valence-corrected chi connectivity index (χ3v) is 6.41. The highest BCUT2D eigenvalue weighted by molar-refractivity contribution is 7.90. The number of thiophene rings is 1. The van der Waals surface area contributed by atoms with E-state index in [-0.39, 0.29) is 11.2 Å². The zero-order valence-corrected chi connectivity index (χ0v) is 18.0. The highest BCUT2D eigenvalue weighted by atomic mass is 32.2. The summed E-state index contributed by atoms with van der Waals surface area (Å²) < 4.78 is 22.9. The van der Waals surface area contributed by atoms with Crippen LogP contribution in [0.25, 0.3) is 0 Å². The summed E-state index contributed by atoms with van der Waals surface area (Å²) in [4.78, 5) is 9.54. The van der Waals surface area contributed by atoms with E-state index in [1.807, 2.05) is 0 Å². The minimum Gasteiger partial charge on any atom is -0.360 e. The van der Waals surface area contributed by atoms with Gasteiger partial charge in [-0.1, -0.05) is 13.8 Å². The fourth-order valence-electron chi connectivity index (χ4n) is 2.84. The summed E-state index contributed by atoms with van der Waals surface area (Å²) in [5.41, 5.74) is -0.136. The predicted molar refractivity (Wildman–Crippen MR) is 112 cm³/mol. The Morgan fingerprint density at radius 1 is 1.31 bits per heavy atom. The number of rotatable bonds is 7. The summed E-state index contributed by atoms with van der Waals surface area (Å²) in [6.07, 6.45) is 1.92. The number of hydrogen-bond donors (Lipinski definition) is 1. The third kappa shape index (κ3) is 6.79. The van der Waals surface area contributed by atoms with Crippen molar-refractivity contribution in [2.75, 3.05) is 56.2 Å². The van der Waals surface area contributed by atoms with Crippen LogP contribution < -0.4 is 10.2 Å². The molecule has 26 heavy (non-hydrogen) atoms. The summed E-state index contributed by atoms with van der Waals surface area (Å²) in [5.74, 6) is 1.15. The van der Waals surface area contributed by atoms with Gasteiger partial charge in [-0.3, -0.25) is 4.99 Å². The Morgan fingerprint density at radius 2 is 2.00 bits per heavy atom. The molecule has 0 radical (unpaired) electrons. The molecule has 8 heteroatoms. The van der Waals surface area contributed by atoms with E-state index >= 15 is 0 Å². The summed E-state index contributed by atoms with van der Waals surface area (Å²) in [7, 11) is -2.93. The van der Waals surface area contributed by atoms with Gasteiger partial charge in [0.15, 0.2) is 5.96 Å². The fourth-order valence-corrected chi connectivity index (χ4v) is 4.55. The number of guanidine groups is 1. The zero-order valence-electron chi connectivity index (χ0n) is 16.4. The van der Waals surface area contributed by atoms with Gasteiger partial charge in [-0.15, -0.1) is 11.3 Å². The molecule has 1 aromatic heterocycles. The predicted octanol–water partition coefficient (Wildman–Crippen LogP) is 2.30. The molecule has 1 N–H and O–H groups in total. The molecule has 1 saturated heterocycles. The average molecular weight is 401 g/mol. The maximum atomic E-state index is 11.4. The molecule has 0 atom stereocenters. The van der Waals surface area contributed by atoms with Crippen molar-refractivity contribution in [3.63, 3.8) is 0 Å². The van der Waals surface area contributed by atoms with Crippen molar-refractivity contribution < 1.29 is 8.42 Å². The number of aliphatic imine (C=N–C) groups is 1. The quantitative estimate of drug-likeness (QED) is 0.562. The fraction of sp³-hybridized carbons (Fsp3) is 0.722. The first kappa shape index (κ1) is 21.0. The molecule has 1 aliphatic rings. The molecule has 2 heterocycles. The van der Waals surface area contributed by atoms with Crippen molar-refractivity contribution in [2.45, 2.75) is 27.2 Å². The highest BCUT2D eigenvalue weighted by Gasteiger charge is 2.23. The number of sulfone groups is 1. The van der Waals surface area contributed by atoms with Crippen LogP contribution in [0.2, 0.25) is 0 Å². The molecule has 0 saturated carbocycles. The van der Waals surface area contributed by atoms with E-state index in [0.29, 0.717) is 13.0 Å². The Morgan fingerprint density at radius 3 is 2.54 bits per heavy atom. The summed E-state index contributed by atoms with van der Waals surface area (Å²) in [6.45, 7) is 11.5. The molecule has 1 fully saturated rings. The molecule has 6 nitrogen and oxygen atoms in total. The van der Waals surface area contributed by atoms with Gasteiger partial charge in [0, 0.05) is 45.5 Å². The van der Waals surface area contributed by atoms with Crippen molar-refractivity contribution in [3.05, 3.63) is 17.5 Å². The van der Waals surface area contributed by atoms with E-state index in [9.17, 15) is 8.42 Å². The van der Waals surface area contributed by atoms with Crippen LogP contribution in [-0.4, -0.2) is 70.6 Å². The normalized spacial score (nSPS) is 16.8. The SMILES string of the molecule is CCNC(=NCC(C)(C)CCS(C)(=O)=O)N1CCN(c2cccs2)CC1. The molecule has 0 aliphatic carbocycles. The van der Waals surface area contributed by atoms with E-state index in [0.717, 1.165) is 38.7 Å². The lowest BCUT2D eigenvalue weighted by atomic mass is 9.90. The van der Waals surface area contributed by atoms with E-state index in [1.165, 1.54) is 11.3 Å². The van der Waals surface area contributed by atoms with Gasteiger partial charge < -0.3 is 15.1 Å². The number of piperazine rings is 1. The van der Waals surface area contributed by atoms with Crippen LogP contribution in [0.5, 0.6) is 0 Å². The van der Waals surface area contributed by atoms with Crippen LogP contribution in [-0.2, 0) is 9.84 Å². The number of nitrogens with one attached hydrogen (secondary N) is 1. The van der Waals surface area contributed by atoms with Crippen LogP contribution in [0, 0.1) is 5.41 Å². The Balaban J connectivity index is 1.94. The molecular formula is C18H32N4O2S2. The lowest BCUT2D eigenvalue weighted by Crippen LogP contribution is -2.52. The smallest absolute Gasteiger partial charge is 0.194 e. The monoisotopic (exact) mass is 400 g/mol. The zero-order chi connectivity index (χ0) is 19.2. The second kappa shape index (κ2) is 9.08. The average Bonchev–Trinajstić information content (AvgIpc) is 3.11. The topological polar surface area (TPSA) is 65.0 Å². The molecule has 148 valence electrons. The minimum absolute atomic E-state index is 0.136. The van der Waals surface area contributed by atoms with Gasteiger partial charge in [-0.2, -0.15) is 0 Å². The van der Waals surface area contributed by atoms with E-state index in [4.69, 9.17) is 4.99 Å². The molecule has 2 rings (SSSR count). The van der Waals surface area contributed by atoms with Gasteiger partial charge in [0.1, 0.15) is 9.84 Å². The Labute approximate surface area is 162 Å². The highest BCUT2D eigenvalue weighted by Crippen LogP contribution is 2.23. The second-order valence-electron chi connectivity index (χ2n) is 7.64. The van der Waals surface area contributed by atoms with Crippen LogP contribution in [0.3, 0.4) is 0 Å². The molecule has 1 aliphatic heterocycles. The van der Waals surface area contributed by atoms with Crippen LogP contribution in [0.15, 0.2) is 22.5 Å². The lowest BCUT2D eigenvalue weighted by molar-refractivity contribution is 0.348. The molecular weight excluding hydrogens is 368 g/mol. The number of nitrogens with zero attached hydrogens (tertiary/aromatic N) is 3. The summed E-state index contributed by atoms with van der Waals surface area (Å²) in [5, 5.41) is 6.83. The first-order chi connectivity index (χ1) is 12.2. The van der Waals surface area contributed by atoms with Crippen molar-refractivity contribution in [1.82, 2.24) is 10.2 Å². The minimum atomic E-state index is -2.93. The van der Waals surface area contributed by atoms with Crippen molar-refractivity contribution >= 4 is 32.1 Å². The molecule has 0 aromatic carbocycles. The first-order valence-electron chi connectivity index (χ1n) is 9.20.